The zero-order valence-electron chi connectivity index (χ0n) is 14.9. The van der Waals surface area contributed by atoms with Gasteiger partial charge in [0, 0.05) is 12.1 Å². The van der Waals surface area contributed by atoms with E-state index in [1.807, 2.05) is 0 Å². The number of nitrogens with one attached hydrogen (secondary N) is 1. The van der Waals surface area contributed by atoms with Crippen molar-refractivity contribution in [2.24, 2.45) is 0 Å². The van der Waals surface area contributed by atoms with Gasteiger partial charge in [-0.15, -0.1) is 5.10 Å². The average Bonchev–Trinajstić information content (AvgIpc) is 2.69. The molecule has 6 nitrogen and oxygen atoms in total. The van der Waals surface area contributed by atoms with Crippen LogP contribution in [-0.2, 0) is 4.79 Å². The molecule has 0 fully saturated rings. The third kappa shape index (κ3) is 4.40. The van der Waals surface area contributed by atoms with Gasteiger partial charge in [-0.25, -0.2) is 8.78 Å². The Kier molecular flexibility index (Phi) is 5.78. The number of nitrogens with zero attached hydrogens (tertiary/aromatic N) is 2. The molecule has 28 heavy (non-hydrogen) atoms. The number of hydrogen-bond donors (Lipinski definition) is 1. The van der Waals surface area contributed by atoms with Crippen molar-refractivity contribution in [3.8, 4) is 11.6 Å². The highest BCUT2D eigenvalue weighted by Crippen LogP contribution is 2.15. The molecular formula is C20H17F2N3O3. The summed E-state index contributed by atoms with van der Waals surface area (Å²) < 4.78 is 33.5. The second-order valence-electron chi connectivity index (χ2n) is 5.88. The summed E-state index contributed by atoms with van der Waals surface area (Å²) in [5, 5.41) is 6.54. The standard InChI is InChI=1S/C20H17F2N3O3/c1-2-17(20(27)23-16-6-4-3-5-15(16)22)28-18-11-12-19(26)25(24-18)14-9-7-13(21)8-10-14/h3-12,17H,2H2,1H3,(H,23,27)/t17-/m1/s1. The van der Waals surface area contributed by atoms with Crippen molar-refractivity contribution in [3.05, 3.63) is 82.7 Å². The van der Waals surface area contributed by atoms with E-state index in [1.165, 1.54) is 54.6 Å². The first-order chi connectivity index (χ1) is 13.5. The Bertz CT molecular complexity index is 1040. The molecule has 0 spiro atoms. The molecule has 1 amide bonds. The minimum atomic E-state index is -0.953. The average molecular weight is 385 g/mol. The molecule has 0 aliphatic carbocycles. The molecule has 1 atom stereocenters. The first kappa shape index (κ1) is 19.2. The van der Waals surface area contributed by atoms with Crippen LogP contribution in [0.4, 0.5) is 14.5 Å². The fraction of sp³-hybridized carbons (Fsp3) is 0.150. The van der Waals surface area contributed by atoms with E-state index in [2.05, 4.69) is 10.4 Å². The first-order valence-corrected chi connectivity index (χ1v) is 8.56. The molecule has 3 aromatic rings. The van der Waals surface area contributed by atoms with E-state index >= 15 is 0 Å². The van der Waals surface area contributed by atoms with Crippen LogP contribution in [0.3, 0.4) is 0 Å². The van der Waals surface area contributed by atoms with Crippen LogP contribution >= 0.6 is 0 Å². The van der Waals surface area contributed by atoms with Crippen LogP contribution in [0.1, 0.15) is 13.3 Å². The number of carbonyl (C=O) groups excluding carboxylic acids is 1. The van der Waals surface area contributed by atoms with E-state index in [4.69, 9.17) is 4.74 Å². The maximum absolute atomic E-state index is 13.7. The van der Waals surface area contributed by atoms with Crippen LogP contribution in [0.5, 0.6) is 5.88 Å². The summed E-state index contributed by atoms with van der Waals surface area (Å²) in [6.07, 6.45) is -0.663. The van der Waals surface area contributed by atoms with Gasteiger partial charge in [0.15, 0.2) is 6.10 Å². The number of benzene rings is 2. The lowest BCUT2D eigenvalue weighted by Crippen LogP contribution is -2.33. The molecule has 1 aromatic heterocycles. The van der Waals surface area contributed by atoms with E-state index in [0.29, 0.717) is 5.69 Å². The van der Waals surface area contributed by atoms with Crippen molar-refractivity contribution in [2.75, 3.05) is 5.32 Å². The lowest BCUT2D eigenvalue weighted by molar-refractivity contribution is -0.123. The van der Waals surface area contributed by atoms with Gasteiger partial charge in [0.25, 0.3) is 11.5 Å². The summed E-state index contributed by atoms with van der Waals surface area (Å²) in [5.41, 5.74) is -0.0534. The molecule has 0 radical (unpaired) electrons. The van der Waals surface area contributed by atoms with Crippen LogP contribution in [0.2, 0.25) is 0 Å². The van der Waals surface area contributed by atoms with Gasteiger partial charge >= 0.3 is 0 Å². The number of para-hydroxylation sites is 1. The van der Waals surface area contributed by atoms with Gasteiger partial charge in [-0.2, -0.15) is 4.68 Å². The van der Waals surface area contributed by atoms with Gasteiger partial charge in [-0.05, 0) is 42.8 Å². The van der Waals surface area contributed by atoms with Gasteiger partial charge in [-0.1, -0.05) is 19.1 Å². The molecule has 1 N–H and O–H groups in total. The molecule has 0 saturated carbocycles. The lowest BCUT2D eigenvalue weighted by atomic mass is 10.2. The number of amides is 1. The summed E-state index contributed by atoms with van der Waals surface area (Å²) in [6, 6.07) is 13.5. The number of ether oxygens (including phenoxy) is 1. The molecular weight excluding hydrogens is 368 g/mol. The molecule has 0 aliphatic rings. The largest absolute Gasteiger partial charge is 0.463 e. The Labute approximate surface area is 159 Å². The Morgan fingerprint density at radius 2 is 1.82 bits per heavy atom. The Hall–Kier alpha value is -3.55. The summed E-state index contributed by atoms with van der Waals surface area (Å²) >= 11 is 0. The predicted octanol–water partition coefficient (Wildman–Crippen LogP) is 3.31. The monoisotopic (exact) mass is 385 g/mol. The van der Waals surface area contributed by atoms with E-state index in [1.54, 1.807) is 13.0 Å². The second kappa shape index (κ2) is 8.43. The second-order valence-corrected chi connectivity index (χ2v) is 5.88. The quantitative estimate of drug-likeness (QED) is 0.707. The van der Waals surface area contributed by atoms with Crippen molar-refractivity contribution in [3.63, 3.8) is 0 Å². The van der Waals surface area contributed by atoms with Gasteiger partial charge < -0.3 is 10.1 Å². The van der Waals surface area contributed by atoms with Gasteiger partial charge in [0.1, 0.15) is 11.6 Å². The summed E-state index contributed by atoms with van der Waals surface area (Å²) in [7, 11) is 0. The molecule has 0 bridgehead atoms. The van der Waals surface area contributed by atoms with Crippen molar-refractivity contribution in [1.82, 2.24) is 9.78 Å². The molecule has 8 heteroatoms. The summed E-state index contributed by atoms with van der Waals surface area (Å²) in [4.78, 5) is 24.5. The Balaban J connectivity index is 1.80. The number of hydrogen-bond acceptors (Lipinski definition) is 4. The van der Waals surface area contributed by atoms with Crippen LogP contribution in [0.15, 0.2) is 65.5 Å². The van der Waals surface area contributed by atoms with Crippen molar-refractivity contribution < 1.29 is 18.3 Å². The highest BCUT2D eigenvalue weighted by Gasteiger charge is 2.20. The number of rotatable bonds is 6. The van der Waals surface area contributed by atoms with E-state index in [9.17, 15) is 18.4 Å². The van der Waals surface area contributed by atoms with E-state index in [0.717, 1.165) is 4.68 Å². The van der Waals surface area contributed by atoms with Crippen molar-refractivity contribution in [1.29, 1.82) is 0 Å². The molecule has 2 aromatic carbocycles. The fourth-order valence-corrected chi connectivity index (χ4v) is 2.47. The normalized spacial score (nSPS) is 11.7. The highest BCUT2D eigenvalue weighted by molar-refractivity contribution is 5.94. The summed E-state index contributed by atoms with van der Waals surface area (Å²) in [6.45, 7) is 1.72. The van der Waals surface area contributed by atoms with Crippen molar-refractivity contribution in [2.45, 2.75) is 19.4 Å². The van der Waals surface area contributed by atoms with Crippen LogP contribution in [-0.4, -0.2) is 21.8 Å². The third-order valence-corrected chi connectivity index (χ3v) is 3.90. The van der Waals surface area contributed by atoms with Crippen molar-refractivity contribution >= 4 is 11.6 Å². The van der Waals surface area contributed by atoms with E-state index < -0.39 is 29.2 Å². The molecule has 0 unspecified atom stereocenters. The third-order valence-electron chi connectivity index (χ3n) is 3.90. The van der Waals surface area contributed by atoms with Crippen LogP contribution < -0.4 is 15.6 Å². The smallest absolute Gasteiger partial charge is 0.271 e. The predicted molar refractivity (Wildman–Crippen MR) is 99.5 cm³/mol. The Morgan fingerprint density at radius 1 is 1.11 bits per heavy atom. The number of halogens is 2. The number of anilines is 1. The maximum atomic E-state index is 13.7. The summed E-state index contributed by atoms with van der Waals surface area (Å²) in [5.74, 6) is -1.53. The highest BCUT2D eigenvalue weighted by atomic mass is 19.1. The Morgan fingerprint density at radius 3 is 2.50 bits per heavy atom. The molecule has 1 heterocycles. The SMILES string of the molecule is CC[C@@H](Oc1ccc(=O)n(-c2ccc(F)cc2)n1)C(=O)Nc1ccccc1F. The van der Waals surface area contributed by atoms with Crippen LogP contribution in [0.25, 0.3) is 5.69 Å². The maximum Gasteiger partial charge on any atom is 0.271 e. The lowest BCUT2D eigenvalue weighted by Gasteiger charge is -2.17. The topological polar surface area (TPSA) is 73.2 Å². The molecule has 144 valence electrons. The van der Waals surface area contributed by atoms with Crippen LogP contribution in [0, 0.1) is 11.6 Å². The zero-order chi connectivity index (χ0) is 20.1. The fourth-order valence-electron chi connectivity index (χ4n) is 2.47. The van der Waals surface area contributed by atoms with Gasteiger partial charge in [-0.3, -0.25) is 9.59 Å². The minimum Gasteiger partial charge on any atom is -0.463 e. The first-order valence-electron chi connectivity index (χ1n) is 8.56. The molecule has 0 aliphatic heterocycles. The molecule has 3 rings (SSSR count). The molecule has 0 saturated heterocycles. The van der Waals surface area contributed by atoms with E-state index in [-0.39, 0.29) is 18.0 Å². The van der Waals surface area contributed by atoms with Gasteiger partial charge in [0.05, 0.1) is 11.4 Å². The van der Waals surface area contributed by atoms with Gasteiger partial charge in [0.2, 0.25) is 5.88 Å². The minimum absolute atomic E-state index is 0.0273. The zero-order valence-corrected chi connectivity index (χ0v) is 14.9. The number of aromatic nitrogens is 2. The number of carbonyl (C=O) groups is 1.